The summed E-state index contributed by atoms with van der Waals surface area (Å²) in [6.07, 6.45) is 8.75. The highest BCUT2D eigenvalue weighted by atomic mass is 15.0. The van der Waals surface area contributed by atoms with Gasteiger partial charge in [-0.25, -0.2) is 15.0 Å². The van der Waals surface area contributed by atoms with E-state index in [2.05, 4.69) is 156 Å². The number of hydrogen-bond donors (Lipinski definition) is 0. The topological polar surface area (TPSA) is 43.6 Å². The van der Waals surface area contributed by atoms with Crippen LogP contribution in [-0.2, 0) is 0 Å². The van der Waals surface area contributed by atoms with Crippen molar-refractivity contribution in [2.45, 2.75) is 12.8 Å². The molecule has 9 rings (SSSR count). The first-order valence-corrected chi connectivity index (χ1v) is 16.1. The van der Waals surface area contributed by atoms with E-state index in [4.69, 9.17) is 15.0 Å². The third kappa shape index (κ3) is 4.74. The predicted molar refractivity (Wildman–Crippen MR) is 194 cm³/mol. The van der Waals surface area contributed by atoms with E-state index in [-0.39, 0.29) is 0 Å². The third-order valence-electron chi connectivity index (χ3n) is 9.00. The van der Waals surface area contributed by atoms with E-state index in [9.17, 15) is 0 Å². The van der Waals surface area contributed by atoms with Gasteiger partial charge in [-0.1, -0.05) is 121 Å². The zero-order valence-electron chi connectivity index (χ0n) is 25.7. The predicted octanol–water partition coefficient (Wildman–Crippen LogP) is 10.9. The van der Waals surface area contributed by atoms with Crippen LogP contribution in [0, 0.1) is 0 Å². The number of aromatic nitrogens is 4. The van der Waals surface area contributed by atoms with E-state index in [0.29, 0.717) is 5.82 Å². The molecule has 0 saturated carbocycles. The lowest BCUT2D eigenvalue weighted by molar-refractivity contribution is 1.03. The summed E-state index contributed by atoms with van der Waals surface area (Å²) < 4.78 is 2.36. The number of allylic oxidation sites excluding steroid dienone is 4. The summed E-state index contributed by atoms with van der Waals surface area (Å²) in [7, 11) is 0. The normalized spacial score (nSPS) is 13.0. The SMILES string of the molecule is C1=CC(c2cc(-c3ccccc3)nc(-c3cccc(-c4nc5ccccc5c5c6ccccc6n(-c6ccccc6)c45)c3)n2)=CCC1. The van der Waals surface area contributed by atoms with Crippen molar-refractivity contribution in [1.82, 2.24) is 19.5 Å². The average molecular weight is 603 g/mol. The molecule has 3 aromatic heterocycles. The van der Waals surface area contributed by atoms with Crippen molar-refractivity contribution in [3.63, 3.8) is 0 Å². The molecule has 0 bridgehead atoms. The van der Waals surface area contributed by atoms with Crippen molar-refractivity contribution in [2.75, 3.05) is 0 Å². The zero-order valence-corrected chi connectivity index (χ0v) is 25.7. The minimum Gasteiger partial charge on any atom is -0.307 e. The fourth-order valence-electron chi connectivity index (χ4n) is 6.83. The van der Waals surface area contributed by atoms with E-state index >= 15 is 0 Å². The van der Waals surface area contributed by atoms with E-state index in [1.807, 2.05) is 6.07 Å². The molecule has 222 valence electrons. The minimum atomic E-state index is 0.698. The summed E-state index contributed by atoms with van der Waals surface area (Å²) in [6, 6.07) is 48.7. The molecule has 0 fully saturated rings. The van der Waals surface area contributed by atoms with Crippen LogP contribution in [0.15, 0.2) is 158 Å². The monoisotopic (exact) mass is 602 g/mol. The Labute approximate surface area is 273 Å². The molecule has 5 aromatic carbocycles. The first-order valence-electron chi connectivity index (χ1n) is 16.1. The number of rotatable bonds is 5. The molecule has 0 unspecified atom stereocenters. The Morgan fingerprint density at radius 3 is 2.06 bits per heavy atom. The number of nitrogens with zero attached hydrogens (tertiary/aromatic N) is 4. The van der Waals surface area contributed by atoms with Crippen LogP contribution in [0.25, 0.3) is 77.9 Å². The number of fused-ring (bicyclic) bond motifs is 5. The van der Waals surface area contributed by atoms with Gasteiger partial charge in [-0.2, -0.15) is 0 Å². The van der Waals surface area contributed by atoms with E-state index < -0.39 is 0 Å². The number of benzene rings is 5. The smallest absolute Gasteiger partial charge is 0.160 e. The van der Waals surface area contributed by atoms with Gasteiger partial charge in [0.15, 0.2) is 5.82 Å². The molecule has 0 radical (unpaired) electrons. The molecule has 3 heterocycles. The van der Waals surface area contributed by atoms with Crippen LogP contribution in [0.1, 0.15) is 18.5 Å². The summed E-state index contributed by atoms with van der Waals surface area (Å²) in [5, 5.41) is 3.56. The first-order chi connectivity index (χ1) is 23.3. The average Bonchev–Trinajstić information content (AvgIpc) is 3.51. The number of hydrogen-bond acceptors (Lipinski definition) is 3. The first kappa shape index (κ1) is 27.2. The van der Waals surface area contributed by atoms with Gasteiger partial charge in [0.05, 0.1) is 33.6 Å². The van der Waals surface area contributed by atoms with Gasteiger partial charge < -0.3 is 4.57 Å². The Hall–Kier alpha value is -6.13. The van der Waals surface area contributed by atoms with Gasteiger partial charge in [-0.05, 0) is 54.8 Å². The molecule has 0 aliphatic heterocycles. The molecule has 47 heavy (non-hydrogen) atoms. The Kier molecular flexibility index (Phi) is 6.57. The van der Waals surface area contributed by atoms with Crippen LogP contribution in [0.2, 0.25) is 0 Å². The molecule has 8 aromatic rings. The molecule has 4 heteroatoms. The fourth-order valence-corrected chi connectivity index (χ4v) is 6.83. The van der Waals surface area contributed by atoms with Gasteiger partial charge in [0.25, 0.3) is 0 Å². The molecule has 0 amide bonds. The van der Waals surface area contributed by atoms with E-state index in [1.54, 1.807) is 0 Å². The van der Waals surface area contributed by atoms with Gasteiger partial charge in [0.1, 0.15) is 0 Å². The van der Waals surface area contributed by atoms with Gasteiger partial charge in [0, 0.05) is 38.5 Å². The van der Waals surface area contributed by atoms with Crippen molar-refractivity contribution < 1.29 is 0 Å². The molecule has 1 aliphatic carbocycles. The van der Waals surface area contributed by atoms with Crippen molar-refractivity contribution in [3.8, 4) is 39.6 Å². The summed E-state index contributed by atoms with van der Waals surface area (Å²) >= 11 is 0. The lowest BCUT2D eigenvalue weighted by Crippen LogP contribution is -2.00. The van der Waals surface area contributed by atoms with Crippen LogP contribution < -0.4 is 0 Å². The summed E-state index contributed by atoms with van der Waals surface area (Å²) in [5.74, 6) is 0.698. The molecule has 1 aliphatic rings. The summed E-state index contributed by atoms with van der Waals surface area (Å²) in [6.45, 7) is 0. The Morgan fingerprint density at radius 1 is 0.532 bits per heavy atom. The van der Waals surface area contributed by atoms with E-state index in [0.717, 1.165) is 79.8 Å². The molecular weight excluding hydrogens is 573 g/mol. The van der Waals surface area contributed by atoms with E-state index in [1.165, 1.54) is 10.8 Å². The van der Waals surface area contributed by atoms with Crippen molar-refractivity contribution in [1.29, 1.82) is 0 Å². The lowest BCUT2D eigenvalue weighted by atomic mass is 10.0. The van der Waals surface area contributed by atoms with Crippen molar-refractivity contribution in [3.05, 3.63) is 163 Å². The Balaban J connectivity index is 1.31. The number of para-hydroxylation sites is 3. The van der Waals surface area contributed by atoms with Crippen molar-refractivity contribution in [2.24, 2.45) is 0 Å². The summed E-state index contributed by atoms with van der Waals surface area (Å²) in [4.78, 5) is 15.6. The Morgan fingerprint density at radius 2 is 1.23 bits per heavy atom. The zero-order chi connectivity index (χ0) is 31.2. The highest BCUT2D eigenvalue weighted by Gasteiger charge is 2.21. The second-order valence-corrected chi connectivity index (χ2v) is 11.9. The molecule has 0 atom stereocenters. The lowest BCUT2D eigenvalue weighted by Gasteiger charge is -2.14. The molecule has 0 N–H and O–H groups in total. The second-order valence-electron chi connectivity index (χ2n) is 11.9. The molecule has 0 spiro atoms. The van der Waals surface area contributed by atoms with Crippen LogP contribution in [0.3, 0.4) is 0 Å². The third-order valence-corrected chi connectivity index (χ3v) is 9.00. The van der Waals surface area contributed by atoms with Crippen molar-refractivity contribution >= 4 is 38.3 Å². The standard InChI is InChI=1S/C43H30N4/c1-4-15-29(16-5-1)37-28-38(30-17-6-2-7-18-30)46-43(45-37)32-20-14-19-31(27-32)41-42-40(34-23-10-12-25-36(34)44-41)35-24-11-13-26-39(35)47(42)33-21-8-3-9-22-33/h1,3-6,8-28H,2,7H2. The van der Waals surface area contributed by atoms with Crippen LogP contribution in [-0.4, -0.2) is 19.5 Å². The van der Waals surface area contributed by atoms with Gasteiger partial charge in [-0.3, -0.25) is 0 Å². The fraction of sp³-hybridized carbons (Fsp3) is 0.0465. The Bertz CT molecular complexity index is 2510. The largest absolute Gasteiger partial charge is 0.307 e. The van der Waals surface area contributed by atoms with Crippen LogP contribution in [0.4, 0.5) is 0 Å². The molecule has 4 nitrogen and oxygen atoms in total. The van der Waals surface area contributed by atoms with Gasteiger partial charge in [0.2, 0.25) is 0 Å². The second kappa shape index (κ2) is 11.3. The maximum Gasteiger partial charge on any atom is 0.160 e. The maximum atomic E-state index is 5.37. The van der Waals surface area contributed by atoms with Crippen LogP contribution >= 0.6 is 0 Å². The van der Waals surface area contributed by atoms with Crippen LogP contribution in [0.5, 0.6) is 0 Å². The van der Waals surface area contributed by atoms with Gasteiger partial charge >= 0.3 is 0 Å². The molecular formula is C43H30N4. The quantitative estimate of drug-likeness (QED) is 0.197. The minimum absolute atomic E-state index is 0.698. The molecule has 0 saturated heterocycles. The van der Waals surface area contributed by atoms with Gasteiger partial charge in [-0.15, -0.1) is 0 Å². The number of pyridine rings is 1. The maximum absolute atomic E-state index is 5.37. The highest BCUT2D eigenvalue weighted by molar-refractivity contribution is 6.23. The highest BCUT2D eigenvalue weighted by Crippen LogP contribution is 2.41. The summed E-state index contributed by atoms with van der Waals surface area (Å²) in [5.41, 5.74) is 11.3.